The summed E-state index contributed by atoms with van der Waals surface area (Å²) in [6, 6.07) is 20.7. The summed E-state index contributed by atoms with van der Waals surface area (Å²) in [6.45, 7) is 2.17. The number of carbonyl (C=O) groups is 1. The molecule has 1 aliphatic rings. The van der Waals surface area contributed by atoms with Crippen molar-refractivity contribution < 1.29 is 14.6 Å². The topological polar surface area (TPSA) is 122 Å². The number of anilines is 2. The van der Waals surface area contributed by atoms with Crippen LogP contribution in [0.5, 0.6) is 11.5 Å². The summed E-state index contributed by atoms with van der Waals surface area (Å²) in [5.41, 5.74) is 7.45. The number of primary amides is 1. The molecule has 2 heterocycles. The number of carbonyl (C=O) groups excluding carboxylic acids is 1. The smallest absolute Gasteiger partial charge is 0.234 e. The summed E-state index contributed by atoms with van der Waals surface area (Å²) in [5.74, 6) is 7.81. The number of nitrogens with two attached hydrogens (primary N) is 1. The minimum absolute atomic E-state index is 0.181. The number of ether oxygens (including phenoxy) is 1. The first-order valence-corrected chi connectivity index (χ1v) is 12.0. The Labute approximate surface area is 214 Å². The second kappa shape index (κ2) is 10.3. The van der Waals surface area contributed by atoms with E-state index >= 15 is 0 Å². The molecule has 5 rings (SSSR count). The molecule has 0 aliphatic carbocycles. The van der Waals surface area contributed by atoms with Crippen LogP contribution >= 0.6 is 0 Å². The molecule has 2 atom stereocenters. The van der Waals surface area contributed by atoms with Crippen molar-refractivity contribution in [3.63, 3.8) is 0 Å². The number of benzene rings is 3. The molecule has 3 aromatic carbocycles. The van der Waals surface area contributed by atoms with Gasteiger partial charge in [-0.1, -0.05) is 30.0 Å². The SMILES string of the molecule is Cc1cc(Nc2ncnc3ccc(C#CC4(O)CCC(C(N)=O)NC4)cc23)ccc1Oc1ccccc1. The maximum absolute atomic E-state index is 11.4. The van der Waals surface area contributed by atoms with Crippen LogP contribution in [0, 0.1) is 18.8 Å². The first kappa shape index (κ1) is 24.3. The third kappa shape index (κ3) is 5.70. The van der Waals surface area contributed by atoms with Crippen LogP contribution in [-0.4, -0.2) is 39.2 Å². The molecule has 8 nitrogen and oxygen atoms in total. The Morgan fingerprint density at radius 2 is 2.00 bits per heavy atom. The zero-order valence-corrected chi connectivity index (χ0v) is 20.4. The summed E-state index contributed by atoms with van der Waals surface area (Å²) in [4.78, 5) is 20.2. The molecule has 0 radical (unpaired) electrons. The highest BCUT2D eigenvalue weighted by atomic mass is 16.5. The van der Waals surface area contributed by atoms with Crippen molar-refractivity contribution in [1.29, 1.82) is 0 Å². The molecule has 8 heteroatoms. The Morgan fingerprint density at radius 3 is 2.73 bits per heavy atom. The number of piperidine rings is 1. The number of aromatic nitrogens is 2. The van der Waals surface area contributed by atoms with Gasteiger partial charge in [0.1, 0.15) is 29.2 Å². The van der Waals surface area contributed by atoms with E-state index in [1.54, 1.807) is 0 Å². The number of hydrogen-bond acceptors (Lipinski definition) is 7. The van der Waals surface area contributed by atoms with E-state index in [1.807, 2.05) is 73.7 Å². The highest BCUT2D eigenvalue weighted by Gasteiger charge is 2.33. The Balaban J connectivity index is 1.36. The number of amides is 1. The number of nitrogens with zero attached hydrogens (tertiary/aromatic N) is 2. The number of β-amino-alcohol motifs (C(OH)–C–C–N with tert-alkyl or cyclic N) is 1. The van der Waals surface area contributed by atoms with E-state index in [-0.39, 0.29) is 6.54 Å². The average molecular weight is 494 g/mol. The van der Waals surface area contributed by atoms with Crippen molar-refractivity contribution >= 4 is 28.3 Å². The number of hydrogen-bond donors (Lipinski definition) is 4. The van der Waals surface area contributed by atoms with E-state index in [4.69, 9.17) is 10.5 Å². The van der Waals surface area contributed by atoms with Gasteiger partial charge in [0.25, 0.3) is 0 Å². The van der Waals surface area contributed by atoms with Crippen molar-refractivity contribution in [1.82, 2.24) is 15.3 Å². The fourth-order valence-corrected chi connectivity index (χ4v) is 4.23. The van der Waals surface area contributed by atoms with Crippen molar-refractivity contribution in [2.24, 2.45) is 5.73 Å². The zero-order chi connectivity index (χ0) is 25.8. The first-order chi connectivity index (χ1) is 17.9. The molecular weight excluding hydrogens is 466 g/mol. The van der Waals surface area contributed by atoms with E-state index < -0.39 is 17.6 Å². The maximum atomic E-state index is 11.4. The first-order valence-electron chi connectivity index (χ1n) is 12.0. The Hall–Kier alpha value is -4.45. The van der Waals surface area contributed by atoms with Crippen LogP contribution in [0.3, 0.4) is 0 Å². The lowest BCUT2D eigenvalue weighted by molar-refractivity contribution is -0.121. The van der Waals surface area contributed by atoms with Gasteiger partial charge >= 0.3 is 0 Å². The third-order valence-corrected chi connectivity index (χ3v) is 6.31. The summed E-state index contributed by atoms with van der Waals surface area (Å²) in [5, 5.41) is 17.9. The highest BCUT2D eigenvalue weighted by Crippen LogP contribution is 2.30. The van der Waals surface area contributed by atoms with E-state index in [0.717, 1.165) is 39.2 Å². The van der Waals surface area contributed by atoms with Gasteiger partial charge in [-0.2, -0.15) is 0 Å². The molecule has 1 aliphatic heterocycles. The van der Waals surface area contributed by atoms with Crippen LogP contribution < -0.4 is 21.1 Å². The molecule has 1 amide bonds. The van der Waals surface area contributed by atoms with Crippen LogP contribution in [0.2, 0.25) is 0 Å². The molecule has 1 saturated heterocycles. The predicted molar refractivity (Wildman–Crippen MR) is 143 cm³/mol. The van der Waals surface area contributed by atoms with Crippen molar-refractivity contribution in [3.05, 3.63) is 84.2 Å². The van der Waals surface area contributed by atoms with Gasteiger partial charge in [-0.05, 0) is 73.9 Å². The summed E-state index contributed by atoms with van der Waals surface area (Å²) in [7, 11) is 0. The molecule has 1 aromatic heterocycles. The Bertz CT molecular complexity index is 1500. The van der Waals surface area contributed by atoms with Crippen molar-refractivity contribution in [2.45, 2.75) is 31.4 Å². The standard InChI is InChI=1S/C29H27N5O3/c1-19-15-21(8-10-26(19)37-22-5-3-2-4-6-22)34-28-23-16-20(7-9-24(23)32-18-33-28)11-13-29(36)14-12-25(27(30)35)31-17-29/h2-10,15-16,18,25,31,36H,12,14,17H2,1H3,(H2,30,35)(H,32,33,34). The van der Waals surface area contributed by atoms with Crippen LogP contribution in [0.4, 0.5) is 11.5 Å². The molecule has 0 spiro atoms. The number of rotatable bonds is 5. The summed E-state index contributed by atoms with van der Waals surface area (Å²) >= 11 is 0. The van der Waals surface area contributed by atoms with Gasteiger partial charge in [0.05, 0.1) is 11.6 Å². The quantitative estimate of drug-likeness (QED) is 0.312. The van der Waals surface area contributed by atoms with Gasteiger partial charge in [0.2, 0.25) is 5.91 Å². The van der Waals surface area contributed by atoms with Crippen LogP contribution in [-0.2, 0) is 4.79 Å². The number of aliphatic hydroxyl groups is 1. The van der Waals surface area contributed by atoms with E-state index in [1.165, 1.54) is 6.33 Å². The van der Waals surface area contributed by atoms with Gasteiger partial charge in [-0.15, -0.1) is 0 Å². The summed E-state index contributed by atoms with van der Waals surface area (Å²) < 4.78 is 5.99. The van der Waals surface area contributed by atoms with Gasteiger partial charge in [-0.25, -0.2) is 9.97 Å². The number of nitrogens with one attached hydrogen (secondary N) is 2. The molecule has 1 fully saturated rings. The Morgan fingerprint density at radius 1 is 1.16 bits per heavy atom. The van der Waals surface area contributed by atoms with Gasteiger partial charge < -0.3 is 26.2 Å². The number of para-hydroxylation sites is 1. The largest absolute Gasteiger partial charge is 0.457 e. The Kier molecular flexibility index (Phi) is 6.73. The van der Waals surface area contributed by atoms with Crippen LogP contribution in [0.25, 0.3) is 10.9 Å². The van der Waals surface area contributed by atoms with E-state index in [9.17, 15) is 9.90 Å². The van der Waals surface area contributed by atoms with Gasteiger partial charge in [0.15, 0.2) is 0 Å². The van der Waals surface area contributed by atoms with Crippen LogP contribution in [0.1, 0.15) is 24.0 Å². The molecular formula is C29H27N5O3. The molecule has 0 saturated carbocycles. The predicted octanol–water partition coefficient (Wildman–Crippen LogP) is 3.79. The molecule has 5 N–H and O–H groups in total. The fourth-order valence-electron chi connectivity index (χ4n) is 4.23. The van der Waals surface area contributed by atoms with E-state index in [2.05, 4.69) is 32.4 Å². The second-order valence-corrected chi connectivity index (χ2v) is 9.13. The third-order valence-electron chi connectivity index (χ3n) is 6.31. The molecule has 2 unspecified atom stereocenters. The number of fused-ring (bicyclic) bond motifs is 1. The van der Waals surface area contributed by atoms with Crippen molar-refractivity contribution in [2.75, 3.05) is 11.9 Å². The van der Waals surface area contributed by atoms with E-state index in [0.29, 0.717) is 18.7 Å². The monoisotopic (exact) mass is 493 g/mol. The normalized spacial score (nSPS) is 19.0. The minimum Gasteiger partial charge on any atom is -0.457 e. The molecule has 37 heavy (non-hydrogen) atoms. The minimum atomic E-state index is -1.23. The zero-order valence-electron chi connectivity index (χ0n) is 20.4. The molecule has 186 valence electrons. The lowest BCUT2D eigenvalue weighted by Crippen LogP contribution is -2.54. The van der Waals surface area contributed by atoms with Gasteiger partial charge in [-0.3, -0.25) is 4.79 Å². The van der Waals surface area contributed by atoms with Crippen LogP contribution in [0.15, 0.2) is 73.1 Å². The molecule has 0 bridgehead atoms. The molecule has 4 aromatic rings. The number of aryl methyl sites for hydroxylation is 1. The highest BCUT2D eigenvalue weighted by molar-refractivity contribution is 5.91. The fraction of sp³-hybridized carbons (Fsp3) is 0.207. The van der Waals surface area contributed by atoms with Gasteiger partial charge in [0, 0.05) is 23.2 Å². The van der Waals surface area contributed by atoms with Crippen molar-refractivity contribution in [3.8, 4) is 23.3 Å². The lowest BCUT2D eigenvalue weighted by Gasteiger charge is -2.31. The average Bonchev–Trinajstić information content (AvgIpc) is 2.90. The second-order valence-electron chi connectivity index (χ2n) is 9.13. The maximum Gasteiger partial charge on any atom is 0.234 e. The summed E-state index contributed by atoms with van der Waals surface area (Å²) in [6.07, 6.45) is 2.32. The lowest BCUT2D eigenvalue weighted by atomic mass is 9.90.